The number of carbonyl (C=O) groups is 1. The van der Waals surface area contributed by atoms with Gasteiger partial charge in [-0.25, -0.2) is 9.18 Å². The molecule has 2 rings (SSSR count). The number of aromatic nitrogens is 1. The van der Waals surface area contributed by atoms with Crippen LogP contribution in [0.25, 0.3) is 11.3 Å². The van der Waals surface area contributed by atoms with Crippen LogP contribution >= 0.6 is 11.8 Å². The molecule has 0 aliphatic heterocycles. The fraction of sp³-hybridized carbons (Fsp3) is 0.0909. The van der Waals surface area contributed by atoms with Crippen molar-refractivity contribution in [2.45, 2.75) is 4.90 Å². The molecule has 0 radical (unpaired) electrons. The summed E-state index contributed by atoms with van der Waals surface area (Å²) in [5.74, 6) is -1.84. The molecule has 0 saturated carbocycles. The Labute approximate surface area is 100 Å². The van der Waals surface area contributed by atoms with Crippen molar-refractivity contribution in [3.63, 3.8) is 0 Å². The summed E-state index contributed by atoms with van der Waals surface area (Å²) in [5.41, 5.74) is 0.783. The van der Waals surface area contributed by atoms with Crippen LogP contribution in [-0.4, -0.2) is 22.5 Å². The minimum atomic E-state index is -1.20. The van der Waals surface area contributed by atoms with E-state index in [0.717, 1.165) is 0 Å². The van der Waals surface area contributed by atoms with Crippen molar-refractivity contribution in [1.29, 1.82) is 0 Å². The zero-order valence-electron chi connectivity index (χ0n) is 8.81. The molecule has 1 aromatic heterocycles. The van der Waals surface area contributed by atoms with E-state index in [2.05, 4.69) is 9.68 Å². The van der Waals surface area contributed by atoms with E-state index in [1.54, 1.807) is 18.4 Å². The lowest BCUT2D eigenvalue weighted by atomic mass is 10.1. The van der Waals surface area contributed by atoms with Gasteiger partial charge in [0.2, 0.25) is 5.76 Å². The van der Waals surface area contributed by atoms with Crippen LogP contribution in [0.4, 0.5) is 4.39 Å². The van der Waals surface area contributed by atoms with E-state index < -0.39 is 5.97 Å². The number of benzene rings is 1. The molecule has 17 heavy (non-hydrogen) atoms. The van der Waals surface area contributed by atoms with E-state index in [1.165, 1.54) is 23.9 Å². The van der Waals surface area contributed by atoms with Crippen LogP contribution < -0.4 is 0 Å². The summed E-state index contributed by atoms with van der Waals surface area (Å²) in [6, 6.07) is 5.84. The van der Waals surface area contributed by atoms with Gasteiger partial charge in [-0.2, -0.15) is 0 Å². The molecule has 0 amide bonds. The Morgan fingerprint density at radius 3 is 2.76 bits per heavy atom. The van der Waals surface area contributed by atoms with Crippen LogP contribution in [0.5, 0.6) is 0 Å². The number of nitrogens with zero attached hydrogens (tertiary/aromatic N) is 1. The third-order valence-corrected chi connectivity index (χ3v) is 2.94. The third kappa shape index (κ3) is 2.31. The summed E-state index contributed by atoms with van der Waals surface area (Å²) >= 11 is 1.30. The van der Waals surface area contributed by atoms with Gasteiger partial charge in [-0.15, -0.1) is 11.8 Å². The van der Waals surface area contributed by atoms with Crippen molar-refractivity contribution in [3.05, 3.63) is 35.8 Å². The lowest BCUT2D eigenvalue weighted by molar-refractivity contribution is 0.0652. The molecule has 0 bridgehead atoms. The summed E-state index contributed by atoms with van der Waals surface area (Å²) < 4.78 is 18.1. The number of aromatic carboxylic acids is 1. The molecule has 1 heterocycles. The summed E-state index contributed by atoms with van der Waals surface area (Å²) in [7, 11) is 0. The molecule has 0 atom stereocenters. The lowest BCUT2D eigenvalue weighted by Gasteiger charge is -2.00. The van der Waals surface area contributed by atoms with Gasteiger partial charge < -0.3 is 9.63 Å². The molecule has 0 spiro atoms. The molecule has 0 unspecified atom stereocenters. The first-order valence-corrected chi connectivity index (χ1v) is 5.88. The largest absolute Gasteiger partial charge is 0.475 e. The lowest BCUT2D eigenvalue weighted by Crippen LogP contribution is -1.91. The topological polar surface area (TPSA) is 63.3 Å². The second-order valence-corrected chi connectivity index (χ2v) is 4.08. The van der Waals surface area contributed by atoms with E-state index in [4.69, 9.17) is 5.11 Å². The van der Waals surface area contributed by atoms with E-state index in [-0.39, 0.29) is 11.6 Å². The Hall–Kier alpha value is -1.82. The van der Waals surface area contributed by atoms with Crippen LogP contribution in [0.3, 0.4) is 0 Å². The molecule has 88 valence electrons. The van der Waals surface area contributed by atoms with Crippen molar-refractivity contribution < 1.29 is 18.8 Å². The number of thioether (sulfide) groups is 1. The van der Waals surface area contributed by atoms with Crippen molar-refractivity contribution >= 4 is 17.7 Å². The Kier molecular flexibility index (Phi) is 3.14. The Morgan fingerprint density at radius 1 is 1.47 bits per heavy atom. The number of hydrogen-bond acceptors (Lipinski definition) is 4. The van der Waals surface area contributed by atoms with Crippen LogP contribution in [0.2, 0.25) is 0 Å². The fourth-order valence-corrected chi connectivity index (χ4v) is 1.80. The van der Waals surface area contributed by atoms with Gasteiger partial charge in [0.05, 0.1) is 0 Å². The Balaban J connectivity index is 2.39. The standard InChI is InChI=1S/C11H8FNO3S/c1-17-10-3-2-6(4-7(10)12)8-5-9(11(14)15)16-13-8/h2-5H,1H3,(H,14,15). The number of hydrogen-bond donors (Lipinski definition) is 1. The highest BCUT2D eigenvalue weighted by atomic mass is 32.2. The van der Waals surface area contributed by atoms with Crippen LogP contribution in [0.1, 0.15) is 10.6 Å². The van der Waals surface area contributed by atoms with Crippen LogP contribution in [-0.2, 0) is 0 Å². The highest BCUT2D eigenvalue weighted by molar-refractivity contribution is 7.98. The van der Waals surface area contributed by atoms with Crippen molar-refractivity contribution in [3.8, 4) is 11.3 Å². The fourth-order valence-electron chi connectivity index (χ4n) is 1.34. The first-order valence-electron chi connectivity index (χ1n) is 4.65. The molecular weight excluding hydrogens is 245 g/mol. The number of halogens is 1. The van der Waals surface area contributed by atoms with Gasteiger partial charge in [0, 0.05) is 16.5 Å². The predicted octanol–water partition coefficient (Wildman–Crippen LogP) is 2.90. The second kappa shape index (κ2) is 4.58. The van der Waals surface area contributed by atoms with E-state index in [1.807, 2.05) is 0 Å². The zero-order chi connectivity index (χ0) is 12.4. The summed E-state index contributed by atoms with van der Waals surface area (Å²) in [6.45, 7) is 0. The van der Waals surface area contributed by atoms with Gasteiger partial charge in [-0.05, 0) is 18.4 Å². The van der Waals surface area contributed by atoms with Crippen molar-refractivity contribution in [2.75, 3.05) is 6.26 Å². The Bertz CT molecular complexity index is 568. The maximum absolute atomic E-state index is 13.5. The molecule has 0 aliphatic carbocycles. The van der Waals surface area contributed by atoms with Gasteiger partial charge in [-0.3, -0.25) is 0 Å². The SMILES string of the molecule is CSc1ccc(-c2cc(C(=O)O)on2)cc1F. The van der Waals surface area contributed by atoms with Gasteiger partial charge in [-0.1, -0.05) is 11.2 Å². The molecule has 1 N–H and O–H groups in total. The van der Waals surface area contributed by atoms with Gasteiger partial charge in [0.15, 0.2) is 0 Å². The molecule has 6 heteroatoms. The first kappa shape index (κ1) is 11.7. The second-order valence-electron chi connectivity index (χ2n) is 3.23. The molecule has 1 aromatic carbocycles. The summed E-state index contributed by atoms with van der Waals surface area (Å²) in [4.78, 5) is 11.1. The quantitative estimate of drug-likeness (QED) is 0.852. The summed E-state index contributed by atoms with van der Waals surface area (Å²) in [5, 5.41) is 12.2. The van der Waals surface area contributed by atoms with Crippen molar-refractivity contribution in [1.82, 2.24) is 5.16 Å². The smallest absolute Gasteiger partial charge is 0.374 e. The highest BCUT2D eigenvalue weighted by Crippen LogP contribution is 2.25. The van der Waals surface area contributed by atoms with E-state index >= 15 is 0 Å². The molecule has 0 aliphatic rings. The molecular formula is C11H8FNO3S. The van der Waals surface area contributed by atoms with E-state index in [0.29, 0.717) is 16.2 Å². The highest BCUT2D eigenvalue weighted by Gasteiger charge is 2.13. The Morgan fingerprint density at radius 2 is 2.24 bits per heavy atom. The first-order chi connectivity index (χ1) is 8.11. The van der Waals surface area contributed by atoms with Gasteiger partial charge in [0.1, 0.15) is 11.5 Å². The average molecular weight is 253 g/mol. The maximum atomic E-state index is 13.5. The van der Waals surface area contributed by atoms with Crippen LogP contribution in [0, 0.1) is 5.82 Å². The maximum Gasteiger partial charge on any atom is 0.374 e. The summed E-state index contributed by atoms with van der Waals surface area (Å²) in [6.07, 6.45) is 1.77. The molecule has 4 nitrogen and oxygen atoms in total. The minimum Gasteiger partial charge on any atom is -0.475 e. The zero-order valence-corrected chi connectivity index (χ0v) is 9.62. The van der Waals surface area contributed by atoms with E-state index in [9.17, 15) is 9.18 Å². The number of carboxylic acid groups (broad SMARTS) is 1. The number of carboxylic acids is 1. The minimum absolute atomic E-state index is 0.269. The van der Waals surface area contributed by atoms with Crippen LogP contribution in [0.15, 0.2) is 33.7 Å². The van der Waals surface area contributed by atoms with Gasteiger partial charge >= 0.3 is 5.97 Å². The molecule has 0 fully saturated rings. The van der Waals surface area contributed by atoms with Crippen molar-refractivity contribution in [2.24, 2.45) is 0 Å². The predicted molar refractivity (Wildman–Crippen MR) is 60.6 cm³/mol. The molecule has 0 saturated heterocycles. The average Bonchev–Trinajstić information content (AvgIpc) is 2.78. The van der Waals surface area contributed by atoms with Gasteiger partial charge in [0.25, 0.3) is 0 Å². The normalized spacial score (nSPS) is 10.5. The molecule has 2 aromatic rings. The third-order valence-electron chi connectivity index (χ3n) is 2.17. The number of rotatable bonds is 3. The monoisotopic (exact) mass is 253 g/mol.